The maximum atomic E-state index is 2.33. The molecule has 0 unspecified atom stereocenters. The minimum atomic E-state index is 1.20. The fourth-order valence-electron chi connectivity index (χ4n) is 2.44. The van der Waals surface area contributed by atoms with Crippen LogP contribution in [0.2, 0.25) is 0 Å². The molecule has 0 nitrogen and oxygen atoms in total. The van der Waals surface area contributed by atoms with Crippen LogP contribution in [0.4, 0.5) is 0 Å². The van der Waals surface area contributed by atoms with Crippen LogP contribution in [0.3, 0.4) is 0 Å². The first-order chi connectivity index (χ1) is 9.90. The van der Waals surface area contributed by atoms with Crippen molar-refractivity contribution >= 4 is 23.5 Å². The normalized spacial score (nSPS) is 22.0. The van der Waals surface area contributed by atoms with Gasteiger partial charge in [-0.3, -0.25) is 0 Å². The Morgan fingerprint density at radius 3 is 1.35 bits per heavy atom. The van der Waals surface area contributed by atoms with Gasteiger partial charge in [0.05, 0.1) is 0 Å². The Morgan fingerprint density at radius 1 is 0.550 bits per heavy atom. The van der Waals surface area contributed by atoms with Crippen LogP contribution < -0.4 is 0 Å². The summed E-state index contributed by atoms with van der Waals surface area (Å²) in [6, 6.07) is 0. The van der Waals surface area contributed by atoms with Gasteiger partial charge in [-0.25, -0.2) is 0 Å². The van der Waals surface area contributed by atoms with E-state index >= 15 is 0 Å². The molecule has 3 aliphatic carbocycles. The van der Waals surface area contributed by atoms with Gasteiger partial charge in [-0.2, -0.15) is 0 Å². The SMILES string of the molecule is C1=CCCC(SC2=CC=C(SC3=CC=CCC3)CC2)=C1. The lowest BCUT2D eigenvalue weighted by molar-refractivity contribution is 0.993. The van der Waals surface area contributed by atoms with Gasteiger partial charge in [0.1, 0.15) is 0 Å². The monoisotopic (exact) mass is 300 g/mol. The molecule has 2 heteroatoms. The van der Waals surface area contributed by atoms with Crippen molar-refractivity contribution in [2.24, 2.45) is 0 Å². The maximum Gasteiger partial charge on any atom is -0.0102 e. The second-order valence-electron chi connectivity index (χ2n) is 5.17. The zero-order valence-electron chi connectivity index (χ0n) is 11.7. The molecule has 0 aromatic heterocycles. The number of hydrogen-bond acceptors (Lipinski definition) is 2. The van der Waals surface area contributed by atoms with Gasteiger partial charge in [0, 0.05) is 0 Å². The van der Waals surface area contributed by atoms with E-state index in [0.29, 0.717) is 0 Å². The molecule has 0 amide bonds. The van der Waals surface area contributed by atoms with Crippen molar-refractivity contribution in [2.75, 3.05) is 0 Å². The van der Waals surface area contributed by atoms with Crippen molar-refractivity contribution < 1.29 is 0 Å². The highest BCUT2D eigenvalue weighted by Crippen LogP contribution is 2.40. The van der Waals surface area contributed by atoms with E-state index in [0.717, 1.165) is 0 Å². The Bertz CT molecular complexity index is 492. The Morgan fingerprint density at radius 2 is 1.00 bits per heavy atom. The quantitative estimate of drug-likeness (QED) is 0.582. The lowest BCUT2D eigenvalue weighted by Crippen LogP contribution is -1.92. The molecule has 0 aromatic rings. The summed E-state index contributed by atoms with van der Waals surface area (Å²) in [6.07, 6.45) is 25.3. The Balaban J connectivity index is 1.58. The highest BCUT2D eigenvalue weighted by atomic mass is 32.2. The van der Waals surface area contributed by atoms with Gasteiger partial charge in [-0.1, -0.05) is 72.1 Å². The molecule has 0 fully saturated rings. The fraction of sp³-hybridized carbons (Fsp3) is 0.333. The maximum absolute atomic E-state index is 2.33. The van der Waals surface area contributed by atoms with E-state index < -0.39 is 0 Å². The number of rotatable bonds is 4. The molecule has 0 saturated carbocycles. The van der Waals surface area contributed by atoms with Crippen LogP contribution in [0.5, 0.6) is 0 Å². The topological polar surface area (TPSA) is 0 Å². The molecule has 3 aliphatic rings. The van der Waals surface area contributed by atoms with E-state index in [-0.39, 0.29) is 0 Å². The van der Waals surface area contributed by atoms with Crippen LogP contribution >= 0.6 is 23.5 Å². The fourth-order valence-corrected chi connectivity index (χ4v) is 4.52. The lowest BCUT2D eigenvalue weighted by Gasteiger charge is -2.17. The lowest BCUT2D eigenvalue weighted by atomic mass is 10.2. The molecule has 0 N–H and O–H groups in total. The molecule has 0 atom stereocenters. The molecule has 0 aliphatic heterocycles. The summed E-state index contributed by atoms with van der Waals surface area (Å²) in [5, 5.41) is 0. The third kappa shape index (κ3) is 4.07. The van der Waals surface area contributed by atoms with Gasteiger partial charge in [-0.15, -0.1) is 0 Å². The van der Waals surface area contributed by atoms with Gasteiger partial charge in [0.15, 0.2) is 0 Å². The van der Waals surface area contributed by atoms with Gasteiger partial charge in [-0.05, 0) is 58.1 Å². The molecule has 0 heterocycles. The van der Waals surface area contributed by atoms with E-state index in [1.54, 1.807) is 0 Å². The number of thioether (sulfide) groups is 2. The molecule has 104 valence electrons. The minimum Gasteiger partial charge on any atom is -0.0990 e. The van der Waals surface area contributed by atoms with E-state index in [2.05, 4.69) is 48.6 Å². The van der Waals surface area contributed by atoms with Crippen LogP contribution in [-0.2, 0) is 0 Å². The predicted octanol–water partition coefficient (Wildman–Crippen LogP) is 6.48. The highest BCUT2D eigenvalue weighted by molar-refractivity contribution is 8.07. The summed E-state index contributed by atoms with van der Waals surface area (Å²) >= 11 is 3.96. The van der Waals surface area contributed by atoms with E-state index in [4.69, 9.17) is 0 Å². The summed E-state index contributed by atoms with van der Waals surface area (Å²) in [5.41, 5.74) is 0. The summed E-state index contributed by atoms with van der Waals surface area (Å²) in [7, 11) is 0. The van der Waals surface area contributed by atoms with Crippen molar-refractivity contribution in [3.05, 3.63) is 68.2 Å². The first-order valence-corrected chi connectivity index (χ1v) is 9.00. The molecular formula is C18H20S2. The summed E-state index contributed by atoms with van der Waals surface area (Å²) in [5.74, 6) is 0. The zero-order valence-corrected chi connectivity index (χ0v) is 13.3. The second kappa shape index (κ2) is 7.24. The first kappa shape index (κ1) is 14.1. The number of hydrogen-bond donors (Lipinski definition) is 0. The summed E-state index contributed by atoms with van der Waals surface area (Å²) < 4.78 is 0. The third-order valence-electron chi connectivity index (χ3n) is 3.55. The highest BCUT2D eigenvalue weighted by Gasteiger charge is 2.12. The average Bonchev–Trinajstić information content (AvgIpc) is 2.51. The summed E-state index contributed by atoms with van der Waals surface area (Å²) in [6.45, 7) is 0. The molecule has 0 aromatic carbocycles. The van der Waals surface area contributed by atoms with Crippen molar-refractivity contribution in [1.29, 1.82) is 0 Å². The van der Waals surface area contributed by atoms with Gasteiger partial charge < -0.3 is 0 Å². The summed E-state index contributed by atoms with van der Waals surface area (Å²) in [4.78, 5) is 6.08. The molecule has 0 radical (unpaired) electrons. The molecule has 3 rings (SSSR count). The van der Waals surface area contributed by atoms with Crippen molar-refractivity contribution in [1.82, 2.24) is 0 Å². The van der Waals surface area contributed by atoms with Crippen molar-refractivity contribution in [3.63, 3.8) is 0 Å². The van der Waals surface area contributed by atoms with E-state index in [1.165, 1.54) is 58.1 Å². The molecular weight excluding hydrogens is 280 g/mol. The Hall–Kier alpha value is -0.860. The Labute approximate surface area is 130 Å². The molecule has 0 saturated heterocycles. The average molecular weight is 300 g/mol. The van der Waals surface area contributed by atoms with Crippen LogP contribution in [-0.4, -0.2) is 0 Å². The van der Waals surface area contributed by atoms with E-state index in [1.807, 2.05) is 23.5 Å². The smallest absolute Gasteiger partial charge is 0.0102 e. The van der Waals surface area contributed by atoms with Crippen LogP contribution in [0.25, 0.3) is 0 Å². The van der Waals surface area contributed by atoms with Crippen LogP contribution in [0.1, 0.15) is 38.5 Å². The second-order valence-corrected chi connectivity index (χ2v) is 7.68. The molecule has 20 heavy (non-hydrogen) atoms. The van der Waals surface area contributed by atoms with Crippen LogP contribution in [0.15, 0.2) is 68.2 Å². The van der Waals surface area contributed by atoms with Gasteiger partial charge in [0.25, 0.3) is 0 Å². The van der Waals surface area contributed by atoms with Crippen molar-refractivity contribution in [2.45, 2.75) is 38.5 Å². The van der Waals surface area contributed by atoms with Crippen molar-refractivity contribution in [3.8, 4) is 0 Å². The molecule has 0 spiro atoms. The zero-order chi connectivity index (χ0) is 13.6. The minimum absolute atomic E-state index is 1.20. The van der Waals surface area contributed by atoms with Crippen LogP contribution in [0, 0.1) is 0 Å². The third-order valence-corrected chi connectivity index (χ3v) is 5.96. The van der Waals surface area contributed by atoms with Gasteiger partial charge >= 0.3 is 0 Å². The number of allylic oxidation sites excluding steroid dienone is 12. The largest absolute Gasteiger partial charge is 0.0990 e. The Kier molecular flexibility index (Phi) is 5.10. The predicted molar refractivity (Wildman–Crippen MR) is 93.5 cm³/mol. The molecule has 0 bridgehead atoms. The standard InChI is InChI=1S/C18H20S2/c1-3-7-15(8-4-1)19-17-11-13-18(14-12-17)20-16-9-5-2-6-10-16/h1-3,5,7,9,11,13H,4,6,8,10,12,14H2. The first-order valence-electron chi connectivity index (χ1n) is 7.37. The van der Waals surface area contributed by atoms with Gasteiger partial charge in [0.2, 0.25) is 0 Å². The van der Waals surface area contributed by atoms with E-state index in [9.17, 15) is 0 Å².